The van der Waals surface area contributed by atoms with E-state index in [1.54, 1.807) is 0 Å². The molecule has 0 heterocycles. The van der Waals surface area contributed by atoms with Crippen molar-refractivity contribution in [2.75, 3.05) is 6.61 Å². The SMILES string of the molecule is CCCC[Si](OCC1=CC(=O)CC2=CC[C@@H]3[C@H](CC[C@]4(C)[C@@H](CC)CC[C@@H]34)[C@@]12C)(c1ccccc1)c1ccccc1. The summed E-state index contributed by atoms with van der Waals surface area (Å²) in [6.07, 6.45) is 15.3. The fourth-order valence-corrected chi connectivity index (χ4v) is 14.2. The molecule has 2 fully saturated rings. The Morgan fingerprint density at radius 1 is 0.902 bits per heavy atom. The summed E-state index contributed by atoms with van der Waals surface area (Å²) < 4.78 is 7.42. The third kappa shape index (κ3) is 4.76. The Labute approximate surface area is 249 Å². The summed E-state index contributed by atoms with van der Waals surface area (Å²) in [5, 5.41) is 2.68. The predicted molar refractivity (Wildman–Crippen MR) is 173 cm³/mol. The molecule has 0 bridgehead atoms. The van der Waals surface area contributed by atoms with Gasteiger partial charge in [0.1, 0.15) is 0 Å². The molecule has 0 spiro atoms. The van der Waals surface area contributed by atoms with Gasteiger partial charge in [-0.15, -0.1) is 0 Å². The maximum atomic E-state index is 13.2. The van der Waals surface area contributed by atoms with E-state index in [9.17, 15) is 4.79 Å². The molecule has 41 heavy (non-hydrogen) atoms. The second-order valence-corrected chi connectivity index (χ2v) is 17.6. The van der Waals surface area contributed by atoms with Crippen molar-refractivity contribution in [1.29, 1.82) is 0 Å². The lowest BCUT2D eigenvalue weighted by atomic mass is 9.47. The van der Waals surface area contributed by atoms with Crippen molar-refractivity contribution in [3.63, 3.8) is 0 Å². The molecule has 0 radical (unpaired) electrons. The van der Waals surface area contributed by atoms with Crippen LogP contribution in [0.5, 0.6) is 0 Å². The van der Waals surface area contributed by atoms with Crippen LogP contribution in [0.3, 0.4) is 0 Å². The van der Waals surface area contributed by atoms with Crippen molar-refractivity contribution in [1.82, 2.24) is 0 Å². The summed E-state index contributed by atoms with van der Waals surface area (Å²) in [4.78, 5) is 13.2. The van der Waals surface area contributed by atoms with Crippen molar-refractivity contribution in [2.45, 2.75) is 91.5 Å². The maximum absolute atomic E-state index is 13.2. The molecule has 3 heteroatoms. The van der Waals surface area contributed by atoms with Gasteiger partial charge in [0.25, 0.3) is 8.32 Å². The monoisotopic (exact) mass is 566 g/mol. The number of carbonyl (C=O) groups is 1. The molecule has 2 saturated carbocycles. The van der Waals surface area contributed by atoms with E-state index in [0.29, 0.717) is 24.4 Å². The molecule has 0 aromatic heterocycles. The van der Waals surface area contributed by atoms with Crippen LogP contribution >= 0.6 is 0 Å². The summed E-state index contributed by atoms with van der Waals surface area (Å²) in [7, 11) is -2.53. The molecule has 2 nitrogen and oxygen atoms in total. The van der Waals surface area contributed by atoms with Crippen molar-refractivity contribution in [3.05, 3.63) is 84.0 Å². The van der Waals surface area contributed by atoms with Crippen LogP contribution in [-0.4, -0.2) is 20.7 Å². The lowest BCUT2D eigenvalue weighted by molar-refractivity contribution is -0.115. The zero-order chi connectivity index (χ0) is 28.7. The quantitative estimate of drug-likeness (QED) is 0.226. The fourth-order valence-electron chi connectivity index (χ4n) is 10.1. The topological polar surface area (TPSA) is 26.3 Å². The van der Waals surface area contributed by atoms with Crippen molar-refractivity contribution >= 4 is 24.5 Å². The molecular formula is C38H50O2Si. The summed E-state index contributed by atoms with van der Waals surface area (Å²) >= 11 is 0. The first-order valence-corrected chi connectivity index (χ1v) is 18.7. The van der Waals surface area contributed by atoms with Crippen LogP contribution in [0.25, 0.3) is 0 Å². The highest BCUT2D eigenvalue weighted by Gasteiger charge is 2.59. The Morgan fingerprint density at radius 2 is 1.59 bits per heavy atom. The van der Waals surface area contributed by atoms with Crippen LogP contribution < -0.4 is 10.4 Å². The van der Waals surface area contributed by atoms with E-state index < -0.39 is 8.32 Å². The Morgan fingerprint density at radius 3 is 2.22 bits per heavy atom. The molecule has 0 aliphatic heterocycles. The lowest BCUT2D eigenvalue weighted by Crippen LogP contribution is -2.61. The molecule has 6 atom stereocenters. The molecule has 6 rings (SSSR count). The fraction of sp³-hybridized carbons (Fsp3) is 0.553. The minimum Gasteiger partial charge on any atom is -0.404 e. The first kappa shape index (κ1) is 28.9. The van der Waals surface area contributed by atoms with Crippen molar-refractivity contribution in [3.8, 4) is 0 Å². The Bertz CT molecular complexity index is 1260. The molecule has 0 unspecified atom stereocenters. The summed E-state index contributed by atoms with van der Waals surface area (Å²) in [5.74, 6) is 3.28. The van der Waals surface area contributed by atoms with Gasteiger partial charge in [-0.3, -0.25) is 4.79 Å². The molecule has 2 aromatic carbocycles. The van der Waals surface area contributed by atoms with E-state index in [-0.39, 0.29) is 11.2 Å². The number of hydrogen-bond donors (Lipinski definition) is 0. The Balaban J connectivity index is 1.37. The number of ketones is 1. The van der Waals surface area contributed by atoms with E-state index in [2.05, 4.69) is 94.4 Å². The lowest BCUT2D eigenvalue weighted by Gasteiger charge is -2.58. The van der Waals surface area contributed by atoms with Gasteiger partial charge in [-0.05, 0) is 89.3 Å². The molecule has 4 aliphatic carbocycles. The number of hydrogen-bond acceptors (Lipinski definition) is 2. The highest BCUT2D eigenvalue weighted by atomic mass is 28.4. The van der Waals surface area contributed by atoms with E-state index in [1.807, 2.05) is 6.08 Å². The van der Waals surface area contributed by atoms with Crippen molar-refractivity contribution < 1.29 is 9.22 Å². The van der Waals surface area contributed by atoms with Gasteiger partial charge in [0.2, 0.25) is 0 Å². The van der Waals surface area contributed by atoms with E-state index in [0.717, 1.165) is 43.1 Å². The maximum Gasteiger partial charge on any atom is 0.256 e. The minimum absolute atomic E-state index is 0.0687. The molecule has 218 valence electrons. The van der Waals surface area contributed by atoms with E-state index in [4.69, 9.17) is 4.43 Å². The van der Waals surface area contributed by atoms with E-state index in [1.165, 1.54) is 53.6 Å². The van der Waals surface area contributed by atoms with Gasteiger partial charge in [0.15, 0.2) is 5.78 Å². The summed E-state index contributed by atoms with van der Waals surface area (Å²) in [5.41, 5.74) is 3.06. The number of fused-ring (bicyclic) bond motifs is 5. The predicted octanol–water partition coefficient (Wildman–Crippen LogP) is 8.27. The second kappa shape index (κ2) is 11.5. The van der Waals surface area contributed by atoms with Crippen LogP contribution in [0.15, 0.2) is 84.0 Å². The van der Waals surface area contributed by atoms with Gasteiger partial charge >= 0.3 is 0 Å². The van der Waals surface area contributed by atoms with E-state index >= 15 is 0 Å². The van der Waals surface area contributed by atoms with Crippen molar-refractivity contribution in [2.24, 2.45) is 34.5 Å². The van der Waals surface area contributed by atoms with Crippen LogP contribution in [0.2, 0.25) is 6.04 Å². The molecule has 4 aliphatic rings. The van der Waals surface area contributed by atoms with Gasteiger partial charge in [0.05, 0.1) is 6.61 Å². The third-order valence-corrected chi connectivity index (χ3v) is 16.6. The normalized spacial score (nSPS) is 32.9. The highest BCUT2D eigenvalue weighted by molar-refractivity contribution is 6.97. The number of carbonyl (C=O) groups excluding carboxylic acids is 1. The standard InChI is InChI=1S/C38H50O2Si/c1-5-7-24-41(32-14-10-8-11-15-32,33-16-12-9-13-17-33)40-27-30-26-31(39)25-29-18-20-34-35-21-19-28(6-2)37(35,3)23-22-36(34)38(29,30)4/h8-18,26,28,34-36H,5-7,19-25,27H2,1-4H3/t28-,34-,35-,36-,37+,38+/m0/s1. The largest absolute Gasteiger partial charge is 0.404 e. The van der Waals surface area contributed by atoms with Crippen LogP contribution in [0.1, 0.15) is 85.5 Å². The summed E-state index contributed by atoms with van der Waals surface area (Å²) in [6, 6.07) is 23.1. The number of unbranched alkanes of at least 4 members (excludes halogenated alkanes) is 1. The first-order valence-electron chi connectivity index (χ1n) is 16.5. The van der Waals surface area contributed by atoms with Crippen LogP contribution in [0, 0.1) is 34.5 Å². The van der Waals surface area contributed by atoms with Crippen LogP contribution in [-0.2, 0) is 9.22 Å². The molecule has 2 aromatic rings. The molecule has 0 amide bonds. The number of rotatable bonds is 9. The Hall–Kier alpha value is -2.23. The van der Waals surface area contributed by atoms with Gasteiger partial charge < -0.3 is 4.43 Å². The second-order valence-electron chi connectivity index (χ2n) is 14.0. The third-order valence-electron chi connectivity index (χ3n) is 12.4. The van der Waals surface area contributed by atoms with Gasteiger partial charge in [-0.25, -0.2) is 0 Å². The van der Waals surface area contributed by atoms with Crippen LogP contribution in [0.4, 0.5) is 0 Å². The average Bonchev–Trinajstić information content (AvgIpc) is 3.35. The zero-order valence-corrected chi connectivity index (χ0v) is 26.8. The van der Waals surface area contributed by atoms with Gasteiger partial charge in [-0.2, -0.15) is 0 Å². The molecular weight excluding hydrogens is 517 g/mol. The Kier molecular flexibility index (Phi) is 8.06. The minimum atomic E-state index is -2.53. The number of benzene rings is 2. The highest BCUT2D eigenvalue weighted by Crippen LogP contribution is 2.66. The number of allylic oxidation sites excluding steroid dienone is 3. The first-order chi connectivity index (χ1) is 19.9. The average molecular weight is 567 g/mol. The molecule has 0 N–H and O–H groups in total. The summed E-state index contributed by atoms with van der Waals surface area (Å²) in [6.45, 7) is 10.4. The zero-order valence-electron chi connectivity index (χ0n) is 25.8. The smallest absolute Gasteiger partial charge is 0.256 e. The van der Waals surface area contributed by atoms with Gasteiger partial charge in [0, 0.05) is 11.8 Å². The van der Waals surface area contributed by atoms with Gasteiger partial charge in [-0.1, -0.05) is 119 Å². The molecule has 0 saturated heterocycles.